The van der Waals surface area contributed by atoms with Gasteiger partial charge in [0.2, 0.25) is 0 Å². The van der Waals surface area contributed by atoms with Gasteiger partial charge in [0, 0.05) is 47.8 Å². The highest BCUT2D eigenvalue weighted by Gasteiger charge is 2.29. The molecule has 1 aromatic carbocycles. The molecule has 1 aliphatic rings. The topological polar surface area (TPSA) is 82.6 Å². The van der Waals surface area contributed by atoms with Gasteiger partial charge in [0.05, 0.1) is 5.56 Å². The van der Waals surface area contributed by atoms with Crippen molar-refractivity contribution in [3.05, 3.63) is 52.6 Å². The van der Waals surface area contributed by atoms with E-state index in [0.717, 1.165) is 9.37 Å². The van der Waals surface area contributed by atoms with E-state index in [0.29, 0.717) is 36.8 Å². The van der Waals surface area contributed by atoms with Crippen LogP contribution in [0.4, 0.5) is 0 Å². The molecule has 1 aliphatic heterocycles. The van der Waals surface area contributed by atoms with E-state index in [4.69, 9.17) is 0 Å². The first kappa shape index (κ1) is 22.3. The largest absolute Gasteiger partial charge is 0.346 e. The van der Waals surface area contributed by atoms with Crippen LogP contribution in [0.15, 0.2) is 57.0 Å². The Morgan fingerprint density at radius 3 is 2.30 bits per heavy atom. The minimum Gasteiger partial charge on any atom is -0.346 e. The van der Waals surface area contributed by atoms with Crippen molar-refractivity contribution in [2.24, 2.45) is 0 Å². The molecule has 0 bridgehead atoms. The average Bonchev–Trinajstić information content (AvgIpc) is 2.74. The molecule has 7 nitrogen and oxygen atoms in total. The fourth-order valence-electron chi connectivity index (χ4n) is 3.00. The quantitative estimate of drug-likeness (QED) is 0.666. The summed E-state index contributed by atoms with van der Waals surface area (Å²) in [5.41, 5.74) is 0.530. The van der Waals surface area contributed by atoms with Gasteiger partial charge in [-0.25, -0.2) is 4.98 Å². The summed E-state index contributed by atoms with van der Waals surface area (Å²) >= 11 is 4.85. The van der Waals surface area contributed by atoms with Crippen LogP contribution in [0, 0.1) is 0 Å². The fraction of sp³-hybridized carbons (Fsp3) is 0.333. The van der Waals surface area contributed by atoms with Gasteiger partial charge in [-0.15, -0.1) is 0 Å². The lowest BCUT2D eigenvalue weighted by molar-refractivity contribution is -0.147. The number of rotatable bonds is 4. The molecular formula is C21H23BrN4O3S. The van der Waals surface area contributed by atoms with E-state index in [1.807, 2.05) is 24.3 Å². The maximum atomic E-state index is 13.1. The Bertz CT molecular complexity index is 928. The van der Waals surface area contributed by atoms with Crippen LogP contribution in [0.25, 0.3) is 0 Å². The Morgan fingerprint density at radius 2 is 1.67 bits per heavy atom. The zero-order valence-corrected chi connectivity index (χ0v) is 19.2. The second-order valence-corrected chi connectivity index (χ2v) is 9.10. The predicted molar refractivity (Wildman–Crippen MR) is 118 cm³/mol. The lowest BCUT2D eigenvalue weighted by Gasteiger charge is -2.34. The zero-order chi connectivity index (χ0) is 21.7. The van der Waals surface area contributed by atoms with Crippen molar-refractivity contribution < 1.29 is 14.4 Å². The van der Waals surface area contributed by atoms with Crippen molar-refractivity contribution in [2.75, 3.05) is 26.2 Å². The highest BCUT2D eigenvalue weighted by atomic mass is 79.9. The van der Waals surface area contributed by atoms with Gasteiger partial charge in [-0.05, 0) is 50.2 Å². The zero-order valence-electron chi connectivity index (χ0n) is 16.8. The molecule has 0 spiro atoms. The molecule has 1 fully saturated rings. The highest BCUT2D eigenvalue weighted by molar-refractivity contribution is 9.10. The van der Waals surface area contributed by atoms with Crippen LogP contribution in [0.3, 0.4) is 0 Å². The lowest BCUT2D eigenvalue weighted by atomic mass is 10.2. The van der Waals surface area contributed by atoms with Gasteiger partial charge in [-0.2, -0.15) is 0 Å². The predicted octanol–water partition coefficient (Wildman–Crippen LogP) is 2.80. The van der Waals surface area contributed by atoms with Gasteiger partial charge >= 0.3 is 11.8 Å². The molecule has 2 heterocycles. The molecule has 2 aromatic rings. The molecule has 0 unspecified atom stereocenters. The Kier molecular flexibility index (Phi) is 7.49. The standard InChI is InChI=1S/C21H23BrN4O3S/c1-14(2)24-18(27)21(29)26-12-10-25(11-13-26)20(28)17-4-3-9-23-19(17)30-16-7-5-15(22)6-8-16/h3-9,14H,10-13H2,1-2H3,(H,24,27). The first-order valence-corrected chi connectivity index (χ1v) is 11.2. The second-order valence-electron chi connectivity index (χ2n) is 7.12. The normalized spacial score (nSPS) is 14.0. The molecule has 1 N–H and O–H groups in total. The maximum absolute atomic E-state index is 13.1. The second kappa shape index (κ2) is 10.1. The van der Waals surface area contributed by atoms with Gasteiger partial charge < -0.3 is 15.1 Å². The lowest BCUT2D eigenvalue weighted by Crippen LogP contribution is -2.54. The number of carbonyl (C=O) groups excluding carboxylic acids is 3. The smallest absolute Gasteiger partial charge is 0.312 e. The number of piperazine rings is 1. The summed E-state index contributed by atoms with van der Waals surface area (Å²) in [4.78, 5) is 45.9. The number of aromatic nitrogens is 1. The highest BCUT2D eigenvalue weighted by Crippen LogP contribution is 2.30. The number of benzene rings is 1. The molecule has 0 atom stereocenters. The summed E-state index contributed by atoms with van der Waals surface area (Å²) in [7, 11) is 0. The SMILES string of the molecule is CC(C)NC(=O)C(=O)N1CCN(C(=O)c2cccnc2Sc2ccc(Br)cc2)CC1. The Labute approximate surface area is 188 Å². The van der Waals surface area contributed by atoms with Gasteiger partial charge in [-0.3, -0.25) is 14.4 Å². The van der Waals surface area contributed by atoms with E-state index in [1.165, 1.54) is 16.7 Å². The summed E-state index contributed by atoms with van der Waals surface area (Å²) in [6.07, 6.45) is 1.67. The third-order valence-corrected chi connectivity index (χ3v) is 6.05. The van der Waals surface area contributed by atoms with Gasteiger partial charge in [0.25, 0.3) is 5.91 Å². The van der Waals surface area contributed by atoms with Crippen molar-refractivity contribution >= 4 is 45.4 Å². The van der Waals surface area contributed by atoms with Crippen molar-refractivity contribution in [3.63, 3.8) is 0 Å². The van der Waals surface area contributed by atoms with Crippen molar-refractivity contribution in [2.45, 2.75) is 29.8 Å². The number of amides is 3. The van der Waals surface area contributed by atoms with E-state index < -0.39 is 11.8 Å². The van der Waals surface area contributed by atoms with Crippen LogP contribution in [0.2, 0.25) is 0 Å². The van der Waals surface area contributed by atoms with E-state index in [2.05, 4.69) is 26.2 Å². The Balaban J connectivity index is 1.65. The minimum absolute atomic E-state index is 0.100. The summed E-state index contributed by atoms with van der Waals surface area (Å²) in [5.74, 6) is -1.28. The summed E-state index contributed by atoms with van der Waals surface area (Å²) in [5, 5.41) is 3.25. The van der Waals surface area contributed by atoms with Gasteiger partial charge in [0.1, 0.15) is 5.03 Å². The van der Waals surface area contributed by atoms with Crippen LogP contribution < -0.4 is 5.32 Å². The number of carbonyl (C=O) groups is 3. The van der Waals surface area contributed by atoms with Gasteiger partial charge in [-0.1, -0.05) is 27.7 Å². The van der Waals surface area contributed by atoms with Crippen LogP contribution in [0.1, 0.15) is 24.2 Å². The van der Waals surface area contributed by atoms with Crippen LogP contribution in [0.5, 0.6) is 0 Å². The molecule has 30 heavy (non-hydrogen) atoms. The van der Waals surface area contributed by atoms with Crippen LogP contribution in [-0.4, -0.2) is 64.7 Å². The Morgan fingerprint density at radius 1 is 1.03 bits per heavy atom. The minimum atomic E-state index is -0.606. The Hall–Kier alpha value is -2.39. The van der Waals surface area contributed by atoms with E-state index in [9.17, 15) is 14.4 Å². The number of hydrogen-bond acceptors (Lipinski definition) is 5. The molecule has 9 heteroatoms. The average molecular weight is 491 g/mol. The van der Waals surface area contributed by atoms with E-state index >= 15 is 0 Å². The first-order chi connectivity index (χ1) is 14.3. The number of pyridine rings is 1. The molecule has 3 amide bonds. The fourth-order valence-corrected chi connectivity index (χ4v) is 4.14. The summed E-state index contributed by atoms with van der Waals surface area (Å²) < 4.78 is 0.985. The molecule has 158 valence electrons. The number of nitrogens with one attached hydrogen (secondary N) is 1. The summed E-state index contributed by atoms with van der Waals surface area (Å²) in [6.45, 7) is 5.00. The maximum Gasteiger partial charge on any atom is 0.312 e. The number of nitrogens with zero attached hydrogens (tertiary/aromatic N) is 3. The molecule has 0 radical (unpaired) electrons. The van der Waals surface area contributed by atoms with Crippen molar-refractivity contribution in [1.29, 1.82) is 0 Å². The monoisotopic (exact) mass is 490 g/mol. The van der Waals surface area contributed by atoms with E-state index in [-0.39, 0.29) is 11.9 Å². The third-order valence-electron chi connectivity index (χ3n) is 4.50. The molecule has 3 rings (SSSR count). The van der Waals surface area contributed by atoms with Crippen molar-refractivity contribution in [1.82, 2.24) is 20.1 Å². The number of hydrogen-bond donors (Lipinski definition) is 1. The van der Waals surface area contributed by atoms with Crippen LogP contribution >= 0.6 is 27.7 Å². The summed E-state index contributed by atoms with van der Waals surface area (Å²) in [6, 6.07) is 11.2. The van der Waals surface area contributed by atoms with Crippen LogP contribution in [-0.2, 0) is 9.59 Å². The third kappa shape index (κ3) is 5.60. The van der Waals surface area contributed by atoms with Crippen molar-refractivity contribution in [3.8, 4) is 0 Å². The first-order valence-electron chi connectivity index (χ1n) is 9.62. The van der Waals surface area contributed by atoms with E-state index in [1.54, 1.807) is 37.1 Å². The molecule has 1 saturated heterocycles. The number of halogens is 1. The molecule has 0 aliphatic carbocycles. The molecular weight excluding hydrogens is 468 g/mol. The van der Waals surface area contributed by atoms with Gasteiger partial charge in [0.15, 0.2) is 0 Å². The molecule has 0 saturated carbocycles. The molecule has 1 aromatic heterocycles.